The van der Waals surface area contributed by atoms with Crippen LogP contribution in [-0.4, -0.2) is 25.9 Å². The average molecular weight is 420 g/mol. The van der Waals surface area contributed by atoms with E-state index in [1.54, 1.807) is 8.48 Å². The molecule has 3 aliphatic rings. The minimum atomic E-state index is -1.35. The monoisotopic (exact) mass is 417 g/mol. The molecule has 1 heterocycles. The van der Waals surface area contributed by atoms with E-state index in [-0.39, 0.29) is 24.8 Å². The summed E-state index contributed by atoms with van der Waals surface area (Å²) in [5.74, 6) is 0. The fraction of sp³-hybridized carbons (Fsp3) is 0.500. The summed E-state index contributed by atoms with van der Waals surface area (Å²) in [6, 6.07) is 0. The zero-order valence-electron chi connectivity index (χ0n) is 12.8. The molecule has 0 unspecified atom stereocenters. The molecule has 0 spiro atoms. The first-order chi connectivity index (χ1) is 9.18. The van der Waals surface area contributed by atoms with Gasteiger partial charge in [-0.3, -0.25) is 0 Å². The molecule has 0 amide bonds. The Morgan fingerprint density at radius 1 is 1.05 bits per heavy atom. The van der Waals surface area contributed by atoms with Crippen LogP contribution in [0.5, 0.6) is 0 Å². The number of rotatable bonds is 4. The van der Waals surface area contributed by atoms with Gasteiger partial charge in [-0.1, -0.05) is 0 Å². The van der Waals surface area contributed by atoms with Crippen molar-refractivity contribution in [3.63, 3.8) is 0 Å². The van der Waals surface area contributed by atoms with Gasteiger partial charge in [-0.05, 0) is 0 Å². The molecule has 0 aromatic rings. The molecule has 0 saturated carbocycles. The smallest absolute Gasteiger partial charge is 1.00 e. The van der Waals surface area contributed by atoms with E-state index in [1.807, 2.05) is 3.28 Å². The number of hydrogen-bond donors (Lipinski definition) is 0. The van der Waals surface area contributed by atoms with E-state index in [9.17, 15) is 0 Å². The van der Waals surface area contributed by atoms with Gasteiger partial charge in [0.05, 0.1) is 0 Å². The Balaban J connectivity index is 0.00000110. The van der Waals surface area contributed by atoms with Gasteiger partial charge in [0.25, 0.3) is 0 Å². The molecule has 0 aromatic heterocycles. The van der Waals surface area contributed by atoms with Crippen LogP contribution in [0.4, 0.5) is 0 Å². The molecule has 1 nitrogen and oxygen atoms in total. The SMILES string of the molecule is C[Si](C)(C1=[C]([Zr+2][C]2=CC=CC2)CC=C1)N1CCCC1.[Cl-].[Cl-]. The second-order valence-electron chi connectivity index (χ2n) is 6.20. The zero-order chi connectivity index (χ0) is 13.3. The summed E-state index contributed by atoms with van der Waals surface area (Å²) >= 11 is -0.474. The Kier molecular flexibility index (Phi) is 7.91. The molecule has 0 atom stereocenters. The molecule has 1 fully saturated rings. The average Bonchev–Trinajstić information content (AvgIpc) is 3.12. The van der Waals surface area contributed by atoms with E-state index in [0.29, 0.717) is 0 Å². The Labute approximate surface area is 154 Å². The molecule has 0 aromatic carbocycles. The quantitative estimate of drug-likeness (QED) is 0.476. The number of allylic oxidation sites excluding steroid dienone is 8. The molecular formula is C16H23Cl2NSiZr. The van der Waals surface area contributed by atoms with E-state index in [4.69, 9.17) is 0 Å². The largest absolute Gasteiger partial charge is 1.00 e. The van der Waals surface area contributed by atoms with Gasteiger partial charge in [-0.2, -0.15) is 0 Å². The van der Waals surface area contributed by atoms with Crippen LogP contribution in [0.25, 0.3) is 0 Å². The van der Waals surface area contributed by atoms with Crippen molar-refractivity contribution < 1.29 is 48.0 Å². The van der Waals surface area contributed by atoms with Crippen molar-refractivity contribution in [3.8, 4) is 0 Å². The van der Waals surface area contributed by atoms with Crippen LogP contribution < -0.4 is 24.8 Å². The van der Waals surface area contributed by atoms with E-state index in [1.165, 1.54) is 38.8 Å². The third-order valence-corrected chi connectivity index (χ3v) is 12.6. The fourth-order valence-electron chi connectivity index (χ4n) is 3.38. The molecule has 0 N–H and O–H groups in total. The van der Waals surface area contributed by atoms with Gasteiger partial charge >= 0.3 is 130 Å². The van der Waals surface area contributed by atoms with Crippen molar-refractivity contribution in [2.24, 2.45) is 0 Å². The summed E-state index contributed by atoms with van der Waals surface area (Å²) in [5, 5.41) is 1.80. The van der Waals surface area contributed by atoms with E-state index < -0.39 is 31.5 Å². The van der Waals surface area contributed by atoms with E-state index >= 15 is 0 Å². The van der Waals surface area contributed by atoms with Crippen LogP contribution in [0.15, 0.2) is 42.1 Å². The normalized spacial score (nSPS) is 21.1. The summed E-state index contributed by atoms with van der Waals surface area (Å²) in [7, 11) is -1.35. The van der Waals surface area contributed by atoms with Crippen LogP contribution >= 0.6 is 0 Å². The van der Waals surface area contributed by atoms with Gasteiger partial charge in [0.2, 0.25) is 0 Å². The third-order valence-electron chi connectivity index (χ3n) is 4.57. The van der Waals surface area contributed by atoms with Gasteiger partial charge in [-0.25, -0.2) is 0 Å². The molecular weight excluding hydrogens is 396 g/mol. The maximum absolute atomic E-state index is 2.83. The molecule has 0 bridgehead atoms. The minimum Gasteiger partial charge on any atom is -1.00 e. The molecule has 5 heteroatoms. The molecule has 0 radical (unpaired) electrons. The van der Waals surface area contributed by atoms with Crippen LogP contribution in [0.3, 0.4) is 0 Å². The molecule has 3 rings (SSSR count). The Morgan fingerprint density at radius 3 is 2.38 bits per heavy atom. The van der Waals surface area contributed by atoms with Crippen LogP contribution in [-0.2, 0) is 23.2 Å². The van der Waals surface area contributed by atoms with Crippen LogP contribution in [0.1, 0.15) is 25.7 Å². The molecule has 21 heavy (non-hydrogen) atoms. The molecule has 1 aliphatic heterocycles. The van der Waals surface area contributed by atoms with E-state index in [0.717, 1.165) is 0 Å². The Hall–Kier alpha value is 0.600. The molecule has 1 saturated heterocycles. The first-order valence-electron chi connectivity index (χ1n) is 7.46. The second kappa shape index (κ2) is 8.45. The fourth-order valence-corrected chi connectivity index (χ4v) is 12.2. The number of halogens is 2. The predicted molar refractivity (Wildman–Crippen MR) is 80.9 cm³/mol. The summed E-state index contributed by atoms with van der Waals surface area (Å²) in [6.07, 6.45) is 17.2. The summed E-state index contributed by atoms with van der Waals surface area (Å²) in [6.45, 7) is 7.84. The third kappa shape index (κ3) is 4.32. The number of hydrogen-bond acceptors (Lipinski definition) is 1. The van der Waals surface area contributed by atoms with Crippen molar-refractivity contribution in [1.29, 1.82) is 0 Å². The number of nitrogens with zero attached hydrogens (tertiary/aromatic N) is 1. The van der Waals surface area contributed by atoms with E-state index in [2.05, 4.69) is 48.0 Å². The standard InChI is InChI=1S/C11H18NSi.C5H5.2ClH.Zr/c1-13(2,11-7-3-4-8-11)12-9-5-6-10-12;1-2-4-5-3-1;;;/h3,7H,4-6,9-10H2,1-2H3;1-3H,4H2;2*1H;/q;;;;+2/p-2. The summed E-state index contributed by atoms with van der Waals surface area (Å²) in [5.41, 5.74) is 0. The Bertz CT molecular complexity index is 489. The minimum absolute atomic E-state index is 0. The second-order valence-corrected chi connectivity index (χ2v) is 14.2. The first-order valence-corrected chi connectivity index (χ1v) is 12.9. The van der Waals surface area contributed by atoms with Crippen LogP contribution in [0, 0.1) is 0 Å². The zero-order valence-corrected chi connectivity index (χ0v) is 17.8. The van der Waals surface area contributed by atoms with Crippen molar-refractivity contribution in [2.75, 3.05) is 13.1 Å². The van der Waals surface area contributed by atoms with Gasteiger partial charge in [0, 0.05) is 0 Å². The van der Waals surface area contributed by atoms with Crippen molar-refractivity contribution >= 4 is 8.24 Å². The van der Waals surface area contributed by atoms with Gasteiger partial charge in [0.15, 0.2) is 0 Å². The van der Waals surface area contributed by atoms with Crippen molar-refractivity contribution in [1.82, 2.24) is 4.57 Å². The van der Waals surface area contributed by atoms with Crippen molar-refractivity contribution in [2.45, 2.75) is 38.8 Å². The maximum Gasteiger partial charge on any atom is -1.00 e. The molecule has 114 valence electrons. The van der Waals surface area contributed by atoms with Crippen LogP contribution in [0.2, 0.25) is 13.1 Å². The molecule has 2 aliphatic carbocycles. The summed E-state index contributed by atoms with van der Waals surface area (Å²) < 4.78 is 6.48. The van der Waals surface area contributed by atoms with Gasteiger partial charge in [0.1, 0.15) is 0 Å². The van der Waals surface area contributed by atoms with Gasteiger partial charge in [-0.15, -0.1) is 0 Å². The van der Waals surface area contributed by atoms with Gasteiger partial charge < -0.3 is 24.8 Å². The summed E-state index contributed by atoms with van der Waals surface area (Å²) in [4.78, 5) is 0. The van der Waals surface area contributed by atoms with Crippen molar-refractivity contribution in [3.05, 3.63) is 42.1 Å². The Morgan fingerprint density at radius 2 is 1.76 bits per heavy atom. The predicted octanol–water partition coefficient (Wildman–Crippen LogP) is -2.03. The maximum atomic E-state index is 2.83. The first kappa shape index (κ1) is 19.6. The topological polar surface area (TPSA) is 3.24 Å².